The highest BCUT2D eigenvalue weighted by Gasteiger charge is 2.16. The molecule has 0 fully saturated rings. The normalized spacial score (nSPS) is 11.8. The Bertz CT molecular complexity index is 641. The number of carbonyl (C=O) groups is 1. The van der Waals surface area contributed by atoms with E-state index in [9.17, 15) is 4.79 Å². The van der Waals surface area contributed by atoms with Gasteiger partial charge in [0.05, 0.1) is 0 Å². The first-order valence-electron chi connectivity index (χ1n) is 6.08. The molecule has 0 heterocycles. The lowest BCUT2D eigenvalue weighted by atomic mass is 10.3. The predicted octanol–water partition coefficient (Wildman–Crippen LogP) is 4.64. The van der Waals surface area contributed by atoms with E-state index in [0.717, 1.165) is 0 Å². The second-order valence-electron chi connectivity index (χ2n) is 4.25. The number of rotatable bonds is 5. The van der Waals surface area contributed by atoms with Crippen molar-refractivity contribution in [3.63, 3.8) is 0 Å². The van der Waals surface area contributed by atoms with Gasteiger partial charge in [0.25, 0.3) is 0 Å². The largest absolute Gasteiger partial charge is 0.479 e. The zero-order valence-corrected chi connectivity index (χ0v) is 12.6. The molecule has 0 saturated carbocycles. The third-order valence-electron chi connectivity index (χ3n) is 2.60. The smallest absolute Gasteiger partial charge is 0.344 e. The molecule has 0 aliphatic heterocycles. The van der Waals surface area contributed by atoms with Crippen LogP contribution in [0, 0.1) is 0 Å². The Balaban J connectivity index is 2.26. The van der Waals surface area contributed by atoms with E-state index in [0.29, 0.717) is 27.3 Å². The second-order valence-corrected chi connectivity index (χ2v) is 5.12. The van der Waals surface area contributed by atoms with Gasteiger partial charge in [0.15, 0.2) is 17.6 Å². The van der Waals surface area contributed by atoms with Gasteiger partial charge in [-0.25, -0.2) is 4.79 Å². The second kappa shape index (κ2) is 6.70. The fourth-order valence-electron chi connectivity index (χ4n) is 1.53. The van der Waals surface area contributed by atoms with Crippen molar-refractivity contribution < 1.29 is 19.4 Å². The Labute approximate surface area is 131 Å². The van der Waals surface area contributed by atoms with Crippen LogP contribution in [0.4, 0.5) is 0 Å². The van der Waals surface area contributed by atoms with Gasteiger partial charge in [-0.2, -0.15) is 0 Å². The van der Waals surface area contributed by atoms with Crippen molar-refractivity contribution in [1.29, 1.82) is 0 Å². The molecule has 0 spiro atoms. The molecule has 0 amide bonds. The monoisotopic (exact) mass is 326 g/mol. The first kappa shape index (κ1) is 15.5. The van der Waals surface area contributed by atoms with Gasteiger partial charge in [-0.1, -0.05) is 23.2 Å². The van der Waals surface area contributed by atoms with Crippen LogP contribution in [0.15, 0.2) is 42.5 Å². The van der Waals surface area contributed by atoms with Crippen molar-refractivity contribution in [3.8, 4) is 17.2 Å². The Morgan fingerprint density at radius 3 is 2.29 bits per heavy atom. The zero-order chi connectivity index (χ0) is 15.4. The van der Waals surface area contributed by atoms with Crippen LogP contribution in [-0.4, -0.2) is 17.2 Å². The van der Waals surface area contributed by atoms with Crippen LogP contribution in [0.2, 0.25) is 10.0 Å². The van der Waals surface area contributed by atoms with E-state index in [1.807, 2.05) is 0 Å². The summed E-state index contributed by atoms with van der Waals surface area (Å²) >= 11 is 11.7. The molecule has 1 atom stereocenters. The number of aliphatic carboxylic acids is 1. The maximum absolute atomic E-state index is 10.9. The molecule has 4 nitrogen and oxygen atoms in total. The molecule has 1 unspecified atom stereocenters. The lowest BCUT2D eigenvalue weighted by molar-refractivity contribution is -0.144. The van der Waals surface area contributed by atoms with E-state index in [4.69, 9.17) is 37.8 Å². The molecular formula is C15H12Cl2O4. The Morgan fingerprint density at radius 2 is 1.67 bits per heavy atom. The predicted molar refractivity (Wildman–Crippen MR) is 80.7 cm³/mol. The molecule has 2 aromatic rings. The van der Waals surface area contributed by atoms with Gasteiger partial charge in [0.1, 0.15) is 5.75 Å². The van der Waals surface area contributed by atoms with Crippen LogP contribution in [0.3, 0.4) is 0 Å². The van der Waals surface area contributed by atoms with E-state index < -0.39 is 12.1 Å². The van der Waals surface area contributed by atoms with E-state index in [1.165, 1.54) is 6.92 Å². The summed E-state index contributed by atoms with van der Waals surface area (Å²) in [6.07, 6.45) is -1.00. The van der Waals surface area contributed by atoms with Crippen LogP contribution in [0.25, 0.3) is 0 Å². The third kappa shape index (κ3) is 4.28. The van der Waals surface area contributed by atoms with Crippen molar-refractivity contribution in [1.82, 2.24) is 0 Å². The minimum absolute atomic E-state index is 0.296. The van der Waals surface area contributed by atoms with Crippen LogP contribution in [0.1, 0.15) is 6.92 Å². The van der Waals surface area contributed by atoms with Crippen molar-refractivity contribution in [3.05, 3.63) is 52.5 Å². The zero-order valence-electron chi connectivity index (χ0n) is 11.0. The van der Waals surface area contributed by atoms with Gasteiger partial charge in [-0.3, -0.25) is 0 Å². The Morgan fingerprint density at radius 1 is 1.05 bits per heavy atom. The Hall–Kier alpha value is -1.91. The van der Waals surface area contributed by atoms with Crippen molar-refractivity contribution in [2.75, 3.05) is 0 Å². The number of carboxylic acids is 1. The quantitative estimate of drug-likeness (QED) is 0.869. The molecule has 0 radical (unpaired) electrons. The molecule has 0 saturated heterocycles. The standard InChI is InChI=1S/C15H12Cl2O4/c1-9(15(18)19)20-13-7-4-11(17)8-14(13)21-12-5-2-10(16)3-6-12/h2-9H,1H3,(H,18,19). The first-order chi connectivity index (χ1) is 9.95. The van der Waals surface area contributed by atoms with Gasteiger partial charge < -0.3 is 14.6 Å². The number of hydrogen-bond acceptors (Lipinski definition) is 3. The van der Waals surface area contributed by atoms with Crippen molar-refractivity contribution in [2.24, 2.45) is 0 Å². The summed E-state index contributed by atoms with van der Waals surface area (Å²) in [5, 5.41) is 9.94. The number of carboxylic acid groups (broad SMARTS) is 1. The van der Waals surface area contributed by atoms with Crippen LogP contribution < -0.4 is 9.47 Å². The summed E-state index contributed by atoms with van der Waals surface area (Å²) in [5.74, 6) is 0.0964. The van der Waals surface area contributed by atoms with E-state index in [-0.39, 0.29) is 0 Å². The van der Waals surface area contributed by atoms with Gasteiger partial charge in [-0.15, -0.1) is 0 Å². The van der Waals surface area contributed by atoms with Gasteiger partial charge >= 0.3 is 5.97 Å². The molecule has 0 bridgehead atoms. The maximum atomic E-state index is 10.9. The minimum atomic E-state index is -1.07. The molecule has 2 aromatic carbocycles. The molecule has 1 N–H and O–H groups in total. The van der Waals surface area contributed by atoms with Crippen LogP contribution >= 0.6 is 23.2 Å². The molecule has 0 aromatic heterocycles. The lowest BCUT2D eigenvalue weighted by Gasteiger charge is -2.15. The fourth-order valence-corrected chi connectivity index (χ4v) is 1.82. The Kier molecular flexibility index (Phi) is 4.94. The molecule has 0 aliphatic carbocycles. The number of benzene rings is 2. The van der Waals surface area contributed by atoms with Gasteiger partial charge in [0.2, 0.25) is 0 Å². The lowest BCUT2D eigenvalue weighted by Crippen LogP contribution is -2.23. The van der Waals surface area contributed by atoms with Gasteiger partial charge in [0, 0.05) is 16.1 Å². The van der Waals surface area contributed by atoms with E-state index in [1.54, 1.807) is 42.5 Å². The SMILES string of the molecule is CC(Oc1ccc(Cl)cc1Oc1ccc(Cl)cc1)C(=O)O. The van der Waals surface area contributed by atoms with Crippen molar-refractivity contribution >= 4 is 29.2 Å². The molecule has 0 aliphatic rings. The summed E-state index contributed by atoms with van der Waals surface area (Å²) in [6, 6.07) is 11.5. The minimum Gasteiger partial charge on any atom is -0.479 e. The van der Waals surface area contributed by atoms with E-state index >= 15 is 0 Å². The number of hydrogen-bond donors (Lipinski definition) is 1. The average molecular weight is 327 g/mol. The summed E-state index contributed by atoms with van der Waals surface area (Å²) in [5.41, 5.74) is 0. The maximum Gasteiger partial charge on any atom is 0.344 e. The first-order valence-corrected chi connectivity index (χ1v) is 6.84. The topological polar surface area (TPSA) is 55.8 Å². The number of ether oxygens (including phenoxy) is 2. The van der Waals surface area contributed by atoms with Crippen LogP contribution in [0.5, 0.6) is 17.2 Å². The average Bonchev–Trinajstić information content (AvgIpc) is 2.44. The highest BCUT2D eigenvalue weighted by atomic mass is 35.5. The van der Waals surface area contributed by atoms with Crippen molar-refractivity contribution in [2.45, 2.75) is 13.0 Å². The fraction of sp³-hybridized carbons (Fsp3) is 0.133. The summed E-state index contributed by atoms with van der Waals surface area (Å²) in [6.45, 7) is 1.43. The van der Waals surface area contributed by atoms with E-state index in [2.05, 4.69) is 0 Å². The van der Waals surface area contributed by atoms with Gasteiger partial charge in [-0.05, 0) is 43.3 Å². The molecule has 21 heavy (non-hydrogen) atoms. The summed E-state index contributed by atoms with van der Waals surface area (Å²) in [7, 11) is 0. The number of halogens is 2. The highest BCUT2D eigenvalue weighted by Crippen LogP contribution is 2.35. The summed E-state index contributed by atoms with van der Waals surface area (Å²) < 4.78 is 11.0. The molecule has 2 rings (SSSR count). The third-order valence-corrected chi connectivity index (χ3v) is 3.09. The molecule has 110 valence electrons. The summed E-state index contributed by atoms with van der Waals surface area (Å²) in [4.78, 5) is 10.9. The van der Waals surface area contributed by atoms with Crippen LogP contribution in [-0.2, 0) is 4.79 Å². The molecular weight excluding hydrogens is 315 g/mol. The highest BCUT2D eigenvalue weighted by molar-refractivity contribution is 6.31. The molecule has 6 heteroatoms.